The standard InChI is InChI=1S/C17H23ClN6.ClH/c1-6-23-13(4)16(11(2)20-23)15-9-19-10-22(15)7-8-24-14(5)17(18)12(3)21-24;/h9-10H,6-8H2,1-5H3;1H. The van der Waals surface area contributed by atoms with Crippen molar-refractivity contribution in [2.45, 2.75) is 54.3 Å². The van der Waals surface area contributed by atoms with Gasteiger partial charge in [-0.05, 0) is 34.6 Å². The summed E-state index contributed by atoms with van der Waals surface area (Å²) in [5, 5.41) is 9.86. The van der Waals surface area contributed by atoms with Crippen molar-refractivity contribution in [3.63, 3.8) is 0 Å². The van der Waals surface area contributed by atoms with Crippen molar-refractivity contribution in [1.82, 2.24) is 29.1 Å². The summed E-state index contributed by atoms with van der Waals surface area (Å²) >= 11 is 6.23. The Morgan fingerprint density at radius 3 is 2.20 bits per heavy atom. The average molecular weight is 383 g/mol. The van der Waals surface area contributed by atoms with Crippen LogP contribution in [0.2, 0.25) is 5.02 Å². The molecule has 0 aliphatic heterocycles. The second-order valence-electron chi connectivity index (χ2n) is 6.04. The zero-order valence-corrected chi connectivity index (χ0v) is 16.8. The quantitative estimate of drug-likeness (QED) is 0.670. The number of rotatable bonds is 5. The summed E-state index contributed by atoms with van der Waals surface area (Å²) in [5.41, 5.74) is 6.34. The predicted molar refractivity (Wildman–Crippen MR) is 103 cm³/mol. The number of halogens is 2. The van der Waals surface area contributed by atoms with Crippen LogP contribution >= 0.6 is 24.0 Å². The Labute approximate surface area is 159 Å². The number of hydrogen-bond acceptors (Lipinski definition) is 3. The molecular weight excluding hydrogens is 359 g/mol. The molecule has 0 fully saturated rings. The van der Waals surface area contributed by atoms with Crippen LogP contribution in [0.1, 0.15) is 29.7 Å². The number of aryl methyl sites for hydroxylation is 5. The molecular formula is C17H24Cl2N6. The third-order valence-corrected chi connectivity index (χ3v) is 5.04. The van der Waals surface area contributed by atoms with Crippen molar-refractivity contribution < 1.29 is 0 Å². The Bertz CT molecular complexity index is 874. The largest absolute Gasteiger partial charge is 0.329 e. The van der Waals surface area contributed by atoms with Crippen molar-refractivity contribution >= 4 is 24.0 Å². The van der Waals surface area contributed by atoms with E-state index in [9.17, 15) is 0 Å². The fraction of sp³-hybridized carbons (Fsp3) is 0.471. The van der Waals surface area contributed by atoms with Crippen LogP contribution < -0.4 is 0 Å². The minimum Gasteiger partial charge on any atom is -0.329 e. The molecule has 0 N–H and O–H groups in total. The molecule has 3 heterocycles. The second-order valence-corrected chi connectivity index (χ2v) is 6.42. The predicted octanol–water partition coefficient (Wildman–Crippen LogP) is 3.97. The highest BCUT2D eigenvalue weighted by atomic mass is 35.5. The van der Waals surface area contributed by atoms with E-state index >= 15 is 0 Å². The minimum absolute atomic E-state index is 0. The molecule has 0 spiro atoms. The van der Waals surface area contributed by atoms with E-state index in [1.165, 1.54) is 11.3 Å². The molecule has 0 atom stereocenters. The summed E-state index contributed by atoms with van der Waals surface area (Å²) in [5.74, 6) is 0. The molecule has 136 valence electrons. The molecule has 6 nitrogen and oxygen atoms in total. The van der Waals surface area contributed by atoms with E-state index in [2.05, 4.69) is 33.6 Å². The lowest BCUT2D eigenvalue weighted by Gasteiger charge is -2.10. The Morgan fingerprint density at radius 1 is 0.960 bits per heavy atom. The van der Waals surface area contributed by atoms with Crippen LogP contribution in [0, 0.1) is 27.7 Å². The zero-order chi connectivity index (χ0) is 17.4. The van der Waals surface area contributed by atoms with Crippen LogP contribution in [0.25, 0.3) is 11.3 Å². The van der Waals surface area contributed by atoms with Crippen molar-refractivity contribution in [2.24, 2.45) is 0 Å². The lowest BCUT2D eigenvalue weighted by Crippen LogP contribution is -2.10. The van der Waals surface area contributed by atoms with E-state index in [0.717, 1.165) is 47.4 Å². The van der Waals surface area contributed by atoms with Crippen LogP contribution in [-0.4, -0.2) is 29.1 Å². The van der Waals surface area contributed by atoms with Gasteiger partial charge < -0.3 is 4.57 Å². The highest BCUT2D eigenvalue weighted by molar-refractivity contribution is 6.31. The summed E-state index contributed by atoms with van der Waals surface area (Å²) in [6.45, 7) is 12.6. The fourth-order valence-corrected chi connectivity index (χ4v) is 3.31. The summed E-state index contributed by atoms with van der Waals surface area (Å²) in [4.78, 5) is 4.34. The lowest BCUT2D eigenvalue weighted by atomic mass is 10.1. The molecule has 0 aliphatic rings. The van der Waals surface area contributed by atoms with Gasteiger partial charge in [-0.15, -0.1) is 12.4 Å². The van der Waals surface area contributed by atoms with Crippen LogP contribution in [0.3, 0.4) is 0 Å². The fourth-order valence-electron chi connectivity index (χ4n) is 3.18. The molecule has 0 saturated heterocycles. The van der Waals surface area contributed by atoms with Gasteiger partial charge in [-0.1, -0.05) is 11.6 Å². The van der Waals surface area contributed by atoms with Crippen molar-refractivity contribution in [1.29, 1.82) is 0 Å². The third-order valence-electron chi connectivity index (χ3n) is 4.50. The van der Waals surface area contributed by atoms with Crippen molar-refractivity contribution in [2.75, 3.05) is 0 Å². The number of hydrogen-bond donors (Lipinski definition) is 0. The molecule has 0 aliphatic carbocycles. The molecule has 0 saturated carbocycles. The van der Waals surface area contributed by atoms with Gasteiger partial charge in [-0.2, -0.15) is 10.2 Å². The molecule has 25 heavy (non-hydrogen) atoms. The van der Waals surface area contributed by atoms with E-state index in [-0.39, 0.29) is 12.4 Å². The first-order valence-corrected chi connectivity index (χ1v) is 8.55. The molecule has 0 unspecified atom stereocenters. The summed E-state index contributed by atoms with van der Waals surface area (Å²) < 4.78 is 6.14. The second kappa shape index (κ2) is 7.62. The first-order chi connectivity index (χ1) is 11.4. The number of imidazole rings is 1. The first-order valence-electron chi connectivity index (χ1n) is 8.18. The van der Waals surface area contributed by atoms with Gasteiger partial charge in [0.2, 0.25) is 0 Å². The van der Waals surface area contributed by atoms with Crippen LogP contribution in [0.4, 0.5) is 0 Å². The SMILES string of the molecule is CCn1nc(C)c(-c2cncn2CCn2nc(C)c(Cl)c2C)c1C.Cl. The van der Waals surface area contributed by atoms with E-state index in [4.69, 9.17) is 11.6 Å². The zero-order valence-electron chi connectivity index (χ0n) is 15.2. The number of nitrogens with zero attached hydrogens (tertiary/aromatic N) is 6. The highest BCUT2D eigenvalue weighted by Gasteiger charge is 2.17. The molecule has 3 aromatic heterocycles. The summed E-state index contributed by atoms with van der Waals surface area (Å²) in [7, 11) is 0. The minimum atomic E-state index is 0. The molecule has 3 rings (SSSR count). The maximum Gasteiger partial charge on any atom is 0.0951 e. The maximum atomic E-state index is 6.23. The van der Waals surface area contributed by atoms with Crippen molar-refractivity contribution in [3.05, 3.63) is 40.3 Å². The van der Waals surface area contributed by atoms with Crippen molar-refractivity contribution in [3.8, 4) is 11.3 Å². The normalized spacial score (nSPS) is 11.0. The lowest BCUT2D eigenvalue weighted by molar-refractivity contribution is 0.523. The first kappa shape index (κ1) is 19.5. The molecule has 0 radical (unpaired) electrons. The topological polar surface area (TPSA) is 53.5 Å². The molecule has 8 heteroatoms. The average Bonchev–Trinajstić information content (AvgIpc) is 3.19. The van der Waals surface area contributed by atoms with Gasteiger partial charge >= 0.3 is 0 Å². The summed E-state index contributed by atoms with van der Waals surface area (Å²) in [6, 6.07) is 0. The van der Waals surface area contributed by atoms with Crippen LogP contribution in [0.5, 0.6) is 0 Å². The Kier molecular flexibility index (Phi) is 5.95. The molecule has 0 amide bonds. The molecule has 3 aromatic rings. The van der Waals surface area contributed by atoms with E-state index < -0.39 is 0 Å². The smallest absolute Gasteiger partial charge is 0.0951 e. The Balaban J connectivity index is 0.00000225. The Morgan fingerprint density at radius 2 is 1.64 bits per heavy atom. The Hall–Kier alpha value is -1.79. The summed E-state index contributed by atoms with van der Waals surface area (Å²) in [6.07, 6.45) is 3.77. The van der Waals surface area contributed by atoms with Crippen LogP contribution in [0.15, 0.2) is 12.5 Å². The van der Waals surface area contributed by atoms with Crippen LogP contribution in [-0.2, 0) is 19.6 Å². The van der Waals surface area contributed by atoms with Gasteiger partial charge in [0.25, 0.3) is 0 Å². The van der Waals surface area contributed by atoms with Gasteiger partial charge in [0.05, 0.1) is 46.9 Å². The maximum absolute atomic E-state index is 6.23. The van der Waals surface area contributed by atoms with Gasteiger partial charge in [-0.25, -0.2) is 4.98 Å². The molecule has 0 aromatic carbocycles. The van der Waals surface area contributed by atoms with E-state index in [1.54, 1.807) is 0 Å². The van der Waals surface area contributed by atoms with Gasteiger partial charge in [0.15, 0.2) is 0 Å². The third kappa shape index (κ3) is 3.46. The van der Waals surface area contributed by atoms with E-state index in [1.807, 2.05) is 42.7 Å². The van der Waals surface area contributed by atoms with Gasteiger partial charge in [0, 0.05) is 24.3 Å². The monoisotopic (exact) mass is 382 g/mol. The number of aromatic nitrogens is 6. The van der Waals surface area contributed by atoms with Gasteiger partial charge in [0.1, 0.15) is 0 Å². The van der Waals surface area contributed by atoms with Gasteiger partial charge in [-0.3, -0.25) is 9.36 Å². The highest BCUT2D eigenvalue weighted by Crippen LogP contribution is 2.27. The molecule has 0 bridgehead atoms. The van der Waals surface area contributed by atoms with E-state index in [0.29, 0.717) is 0 Å².